The normalized spacial score (nSPS) is 19.1. The van der Waals surface area contributed by atoms with E-state index >= 15 is 0 Å². The molecule has 2 N–H and O–H groups in total. The molecule has 2 aromatic rings. The second-order valence-electron chi connectivity index (χ2n) is 7.71. The van der Waals surface area contributed by atoms with Gasteiger partial charge in [0.05, 0.1) is 18.7 Å². The highest BCUT2D eigenvalue weighted by molar-refractivity contribution is 5.74. The Kier molecular flexibility index (Phi) is 5.43. The number of nitrogens with zero attached hydrogens (tertiary/aromatic N) is 3. The lowest BCUT2D eigenvalue weighted by molar-refractivity contribution is 0.157. The van der Waals surface area contributed by atoms with Crippen LogP contribution < -0.4 is 5.32 Å². The van der Waals surface area contributed by atoms with Crippen molar-refractivity contribution in [1.29, 1.82) is 0 Å². The van der Waals surface area contributed by atoms with Crippen molar-refractivity contribution in [3.63, 3.8) is 0 Å². The smallest absolute Gasteiger partial charge is 0.317 e. The van der Waals surface area contributed by atoms with Crippen molar-refractivity contribution in [2.45, 2.75) is 50.1 Å². The van der Waals surface area contributed by atoms with E-state index in [1.54, 1.807) is 0 Å². The van der Waals surface area contributed by atoms with Gasteiger partial charge in [-0.05, 0) is 43.7 Å². The number of hydrogen-bond acceptors (Lipinski definition) is 3. The number of likely N-dealkylation sites (tertiary alicyclic amines) is 1. The predicted octanol–water partition coefficient (Wildman–Crippen LogP) is 2.71. The minimum absolute atomic E-state index is 0.0604. The number of hydrogen-bond donors (Lipinski definition) is 2. The van der Waals surface area contributed by atoms with E-state index in [2.05, 4.69) is 21.2 Å². The lowest BCUT2D eigenvalue weighted by Gasteiger charge is -2.33. The van der Waals surface area contributed by atoms with Gasteiger partial charge in [0.2, 0.25) is 0 Å². The molecule has 2 aliphatic rings. The molecule has 1 aromatic carbocycles. The lowest BCUT2D eigenvalue weighted by atomic mass is 10.0. The minimum Gasteiger partial charge on any atom is -0.394 e. The van der Waals surface area contributed by atoms with Gasteiger partial charge in [-0.25, -0.2) is 4.79 Å². The number of piperidine rings is 1. The fourth-order valence-corrected chi connectivity index (χ4v) is 3.97. The van der Waals surface area contributed by atoms with Crippen LogP contribution in [0.3, 0.4) is 0 Å². The van der Waals surface area contributed by atoms with Gasteiger partial charge in [0, 0.05) is 30.9 Å². The van der Waals surface area contributed by atoms with Gasteiger partial charge in [-0.1, -0.05) is 30.3 Å². The summed E-state index contributed by atoms with van der Waals surface area (Å²) in [5.74, 6) is 0.692. The number of amides is 2. The maximum Gasteiger partial charge on any atom is 0.317 e. The van der Waals surface area contributed by atoms with Crippen molar-refractivity contribution in [3.8, 4) is 0 Å². The largest absolute Gasteiger partial charge is 0.394 e. The number of carbonyl (C=O) groups excluding carboxylic acids is 1. The molecule has 1 aliphatic carbocycles. The molecule has 1 saturated heterocycles. The summed E-state index contributed by atoms with van der Waals surface area (Å²) in [7, 11) is 0. The number of aliphatic hydroxyl groups is 1. The van der Waals surface area contributed by atoms with Gasteiger partial charge in [0.1, 0.15) is 0 Å². The molecule has 6 nitrogen and oxygen atoms in total. The van der Waals surface area contributed by atoms with E-state index in [-0.39, 0.29) is 18.7 Å². The van der Waals surface area contributed by atoms with Gasteiger partial charge in [-0.15, -0.1) is 0 Å². The second kappa shape index (κ2) is 8.13. The molecule has 0 spiro atoms. The zero-order valence-electron chi connectivity index (χ0n) is 15.6. The molecule has 4 rings (SSSR count). The Balaban J connectivity index is 1.29. The highest BCUT2D eigenvalue weighted by Gasteiger charge is 2.31. The third-order valence-corrected chi connectivity index (χ3v) is 5.67. The molecule has 2 fully saturated rings. The molecule has 1 saturated carbocycles. The van der Waals surface area contributed by atoms with Gasteiger partial charge in [-0.3, -0.25) is 4.68 Å². The first-order valence-corrected chi connectivity index (χ1v) is 9.98. The number of urea groups is 1. The first-order chi connectivity index (χ1) is 13.2. The second-order valence-corrected chi connectivity index (χ2v) is 7.71. The van der Waals surface area contributed by atoms with Crippen molar-refractivity contribution in [3.05, 3.63) is 53.9 Å². The first-order valence-electron chi connectivity index (χ1n) is 9.98. The minimum atomic E-state index is -0.259. The lowest BCUT2D eigenvalue weighted by Crippen LogP contribution is -2.49. The number of aromatic nitrogens is 2. The highest BCUT2D eigenvalue weighted by atomic mass is 16.3. The van der Waals surface area contributed by atoms with Gasteiger partial charge < -0.3 is 15.3 Å². The van der Waals surface area contributed by atoms with Crippen LogP contribution in [-0.2, 0) is 6.42 Å². The molecule has 2 amide bonds. The molecule has 2 heterocycles. The molecule has 1 aromatic heterocycles. The monoisotopic (exact) mass is 368 g/mol. The molecule has 0 bridgehead atoms. The Morgan fingerprint density at radius 2 is 1.89 bits per heavy atom. The van der Waals surface area contributed by atoms with Crippen LogP contribution in [0.1, 0.15) is 48.9 Å². The van der Waals surface area contributed by atoms with E-state index in [1.165, 1.54) is 18.5 Å². The molecule has 27 heavy (non-hydrogen) atoms. The van der Waals surface area contributed by atoms with Crippen LogP contribution in [-0.4, -0.2) is 51.6 Å². The van der Waals surface area contributed by atoms with Crippen LogP contribution in [0.2, 0.25) is 0 Å². The van der Waals surface area contributed by atoms with Crippen LogP contribution in [0.5, 0.6) is 0 Å². The number of aliphatic hydroxyl groups excluding tert-OH is 1. The Morgan fingerprint density at radius 1 is 1.15 bits per heavy atom. The molecule has 1 atom stereocenters. The van der Waals surface area contributed by atoms with E-state index in [4.69, 9.17) is 0 Å². The first kappa shape index (κ1) is 18.0. The van der Waals surface area contributed by atoms with Crippen molar-refractivity contribution >= 4 is 6.03 Å². The summed E-state index contributed by atoms with van der Waals surface area (Å²) >= 11 is 0. The van der Waals surface area contributed by atoms with Crippen molar-refractivity contribution < 1.29 is 9.90 Å². The zero-order valence-corrected chi connectivity index (χ0v) is 15.6. The summed E-state index contributed by atoms with van der Waals surface area (Å²) in [6.07, 6.45) is 6.95. The molecule has 0 radical (unpaired) electrons. The molecular weight excluding hydrogens is 340 g/mol. The average Bonchev–Trinajstić information content (AvgIpc) is 3.44. The van der Waals surface area contributed by atoms with Gasteiger partial charge in [0.25, 0.3) is 0 Å². The van der Waals surface area contributed by atoms with Crippen molar-refractivity contribution in [2.24, 2.45) is 0 Å². The van der Waals surface area contributed by atoms with E-state index in [1.807, 2.05) is 41.4 Å². The zero-order chi connectivity index (χ0) is 18.6. The van der Waals surface area contributed by atoms with Crippen LogP contribution >= 0.6 is 0 Å². The maximum atomic E-state index is 12.6. The topological polar surface area (TPSA) is 70.4 Å². The number of benzene rings is 1. The van der Waals surface area contributed by atoms with E-state index < -0.39 is 0 Å². The average molecular weight is 368 g/mol. The van der Waals surface area contributed by atoms with Crippen LogP contribution in [0.25, 0.3) is 0 Å². The van der Waals surface area contributed by atoms with Crippen molar-refractivity contribution in [2.75, 3.05) is 19.7 Å². The van der Waals surface area contributed by atoms with Gasteiger partial charge in [-0.2, -0.15) is 5.10 Å². The SMILES string of the molecule is O=C(N[C@H](CO)Cc1ccccc1)N1CCC(n2nccc2C2CC2)CC1. The molecule has 6 heteroatoms. The van der Waals surface area contributed by atoms with Gasteiger partial charge >= 0.3 is 6.03 Å². The van der Waals surface area contributed by atoms with Crippen LogP contribution in [0.4, 0.5) is 4.79 Å². The third kappa shape index (κ3) is 4.33. The quantitative estimate of drug-likeness (QED) is 0.824. The molecule has 1 aliphatic heterocycles. The number of nitrogens with one attached hydrogen (secondary N) is 1. The Bertz CT molecular complexity index is 749. The Hall–Kier alpha value is -2.34. The number of carbonyl (C=O) groups is 1. The van der Waals surface area contributed by atoms with E-state index in [0.717, 1.165) is 31.5 Å². The fraction of sp³-hybridized carbons (Fsp3) is 0.524. The highest BCUT2D eigenvalue weighted by Crippen LogP contribution is 2.41. The summed E-state index contributed by atoms with van der Waals surface area (Å²) in [5, 5.41) is 17.2. The standard InChI is InChI=1S/C21H28N4O2/c26-15-18(14-16-4-2-1-3-5-16)23-21(27)24-12-9-19(10-13-24)25-20(8-11-22-25)17-6-7-17/h1-5,8,11,17-19,26H,6-7,9-10,12-15H2,(H,23,27)/t18-/m0/s1. The summed E-state index contributed by atoms with van der Waals surface area (Å²) in [6.45, 7) is 1.39. The van der Waals surface area contributed by atoms with Crippen LogP contribution in [0, 0.1) is 0 Å². The number of rotatable bonds is 6. The summed E-state index contributed by atoms with van der Waals surface area (Å²) < 4.78 is 2.19. The van der Waals surface area contributed by atoms with Gasteiger partial charge in [0.15, 0.2) is 0 Å². The van der Waals surface area contributed by atoms with E-state index in [9.17, 15) is 9.90 Å². The summed E-state index contributed by atoms with van der Waals surface area (Å²) in [6, 6.07) is 12.1. The Morgan fingerprint density at radius 3 is 2.56 bits per heavy atom. The molecule has 144 valence electrons. The third-order valence-electron chi connectivity index (χ3n) is 5.67. The molecular formula is C21H28N4O2. The van der Waals surface area contributed by atoms with E-state index in [0.29, 0.717) is 18.4 Å². The summed E-state index contributed by atoms with van der Waals surface area (Å²) in [5.41, 5.74) is 2.47. The fourth-order valence-electron chi connectivity index (χ4n) is 3.97. The maximum absolute atomic E-state index is 12.6. The van der Waals surface area contributed by atoms with Crippen LogP contribution in [0.15, 0.2) is 42.6 Å². The van der Waals surface area contributed by atoms with Crippen molar-refractivity contribution in [1.82, 2.24) is 20.0 Å². The summed E-state index contributed by atoms with van der Waals surface area (Å²) in [4.78, 5) is 14.5. The Labute approximate surface area is 160 Å². The predicted molar refractivity (Wildman–Crippen MR) is 104 cm³/mol. The molecule has 0 unspecified atom stereocenters.